The summed E-state index contributed by atoms with van der Waals surface area (Å²) in [5.74, 6) is 0. The third-order valence-corrected chi connectivity index (χ3v) is 0.944. The van der Waals surface area contributed by atoms with E-state index in [1.54, 1.807) is 11.3 Å². The van der Waals surface area contributed by atoms with Gasteiger partial charge in [0.1, 0.15) is 0 Å². The minimum atomic E-state index is 0. The topological polar surface area (TPSA) is 23.8 Å². The standard InChI is InChI=1S/C4H3S.C3H5.CN.Cu.Li.H/c1-2-4-5-3-1;1-3-2;1-2;;;/h1-3H;3H,1-2H2;;;;/q3*-1;;+1;-1. The van der Waals surface area contributed by atoms with Crippen molar-refractivity contribution in [3.63, 3.8) is 0 Å². The molecule has 1 heterocycles. The molecule has 4 heteroatoms. The molecule has 1 rings (SSSR count). The SMILES string of the molecule is C=C[CH2-].[C-]#N.[Cu].[H-].[Li+].[c-]1cccs1. The minimum absolute atomic E-state index is 0. The van der Waals surface area contributed by atoms with Crippen molar-refractivity contribution in [1.29, 1.82) is 5.26 Å². The van der Waals surface area contributed by atoms with Gasteiger partial charge in [0, 0.05) is 17.1 Å². The molecule has 0 aliphatic carbocycles. The van der Waals surface area contributed by atoms with Gasteiger partial charge in [0.25, 0.3) is 0 Å². The fraction of sp³-hybridized carbons (Fsp3) is 0. The van der Waals surface area contributed by atoms with Crippen LogP contribution in [-0.2, 0) is 17.1 Å². The number of nitrogens with zero attached hydrogens (tertiary/aromatic N) is 1. The van der Waals surface area contributed by atoms with Crippen LogP contribution in [0.5, 0.6) is 0 Å². The van der Waals surface area contributed by atoms with E-state index in [4.69, 9.17) is 11.8 Å². The number of hydrogen-bond acceptors (Lipinski definition) is 2. The van der Waals surface area contributed by atoms with Crippen LogP contribution in [0.4, 0.5) is 0 Å². The number of thiophene rings is 1. The van der Waals surface area contributed by atoms with Crippen LogP contribution in [0.25, 0.3) is 0 Å². The molecule has 1 aromatic heterocycles. The molecule has 0 fully saturated rings. The monoisotopic (exact) mass is 221 g/mol. The second kappa shape index (κ2) is 30.7. The smallest absolute Gasteiger partial charge is 1.00 e. The summed E-state index contributed by atoms with van der Waals surface area (Å²) in [6.07, 6.45) is 1.50. The molecule has 0 aliphatic heterocycles. The van der Waals surface area contributed by atoms with Crippen LogP contribution in [0.1, 0.15) is 1.43 Å². The van der Waals surface area contributed by atoms with Gasteiger partial charge in [-0.2, -0.15) is 11.4 Å². The molecule has 0 spiro atoms. The molecule has 1 aromatic rings. The molecule has 0 saturated heterocycles. The largest absolute Gasteiger partial charge is 1.00 e. The summed E-state index contributed by atoms with van der Waals surface area (Å²) in [6, 6.07) is 3.86. The third-order valence-electron chi connectivity index (χ3n) is 0.379. The van der Waals surface area contributed by atoms with Crippen molar-refractivity contribution in [2.45, 2.75) is 0 Å². The van der Waals surface area contributed by atoms with Gasteiger partial charge in [-0.3, -0.25) is 0 Å². The van der Waals surface area contributed by atoms with Gasteiger partial charge in [0.2, 0.25) is 0 Å². The second-order valence-electron chi connectivity index (χ2n) is 1.02. The van der Waals surface area contributed by atoms with Gasteiger partial charge < -0.3 is 24.6 Å². The molecule has 0 unspecified atom stereocenters. The van der Waals surface area contributed by atoms with Crippen LogP contribution in [0.15, 0.2) is 30.2 Å². The predicted molar refractivity (Wildman–Crippen MR) is 44.8 cm³/mol. The Kier molecular flexibility index (Phi) is 57.9. The average molecular weight is 222 g/mol. The first-order valence-corrected chi connectivity index (χ1v) is 3.31. The minimum Gasteiger partial charge on any atom is -1.00 e. The molecule has 67 valence electrons. The van der Waals surface area contributed by atoms with E-state index in [-0.39, 0.29) is 37.4 Å². The quantitative estimate of drug-likeness (QED) is 0.439. The van der Waals surface area contributed by atoms with E-state index in [2.05, 4.69) is 18.9 Å². The Balaban J connectivity index is -0.0000000244. The molecular weight excluding hydrogens is 213 g/mol. The zero-order valence-electron chi connectivity index (χ0n) is 7.88. The van der Waals surface area contributed by atoms with Gasteiger partial charge >= 0.3 is 18.9 Å². The molecule has 1 radical (unpaired) electrons. The van der Waals surface area contributed by atoms with Gasteiger partial charge in [-0.15, -0.1) is 5.38 Å². The first-order valence-electron chi connectivity index (χ1n) is 2.44. The summed E-state index contributed by atoms with van der Waals surface area (Å²) >= 11 is 1.59. The fourth-order valence-corrected chi connectivity index (χ4v) is 0.589. The maximum absolute atomic E-state index is 6.25. The summed E-state index contributed by atoms with van der Waals surface area (Å²) in [5.41, 5.74) is 0. The van der Waals surface area contributed by atoms with Crippen molar-refractivity contribution in [2.75, 3.05) is 0 Å². The zero-order valence-corrected chi connectivity index (χ0v) is 8.64. The van der Waals surface area contributed by atoms with Crippen LogP contribution in [0, 0.1) is 24.1 Å². The van der Waals surface area contributed by atoms with Crippen molar-refractivity contribution in [2.24, 2.45) is 0 Å². The molecule has 0 amide bonds. The van der Waals surface area contributed by atoms with Gasteiger partial charge in [0.15, 0.2) is 0 Å². The van der Waals surface area contributed by atoms with E-state index in [1.165, 1.54) is 6.08 Å². The van der Waals surface area contributed by atoms with Crippen molar-refractivity contribution >= 4 is 11.3 Å². The number of allylic oxidation sites excluding steroid dienone is 1. The third kappa shape index (κ3) is 32.6. The van der Waals surface area contributed by atoms with Crippen molar-refractivity contribution in [3.8, 4) is 0 Å². The first kappa shape index (κ1) is 22.7. The van der Waals surface area contributed by atoms with Crippen LogP contribution < -0.4 is 18.9 Å². The van der Waals surface area contributed by atoms with Crippen LogP contribution >= 0.6 is 11.3 Å². The summed E-state index contributed by atoms with van der Waals surface area (Å²) in [5, 5.41) is 11.1. The van der Waals surface area contributed by atoms with Gasteiger partial charge in [-0.1, -0.05) is 0 Å². The Morgan fingerprint density at radius 1 is 1.67 bits per heavy atom. The Morgan fingerprint density at radius 2 is 2.08 bits per heavy atom. The molecule has 0 bridgehead atoms. The van der Waals surface area contributed by atoms with E-state index in [0.717, 1.165) is 0 Å². The molecule has 0 saturated carbocycles. The van der Waals surface area contributed by atoms with E-state index in [0.29, 0.717) is 0 Å². The Hall–Kier alpha value is -0.0831. The first-order chi connectivity index (χ1) is 4.91. The summed E-state index contributed by atoms with van der Waals surface area (Å²) in [4.78, 5) is 0. The van der Waals surface area contributed by atoms with Gasteiger partial charge in [-0.25, -0.2) is 25.6 Å². The Morgan fingerprint density at radius 3 is 2.17 bits per heavy atom. The fourth-order valence-electron chi connectivity index (χ4n) is 0.196. The summed E-state index contributed by atoms with van der Waals surface area (Å²) in [6.45, 7) is 11.2. The van der Waals surface area contributed by atoms with Crippen molar-refractivity contribution in [3.05, 3.63) is 49.0 Å². The van der Waals surface area contributed by atoms with Crippen LogP contribution in [0.2, 0.25) is 0 Å². The van der Waals surface area contributed by atoms with Crippen LogP contribution in [0.3, 0.4) is 0 Å². The Labute approximate surface area is 103 Å². The zero-order chi connectivity index (χ0) is 8.24. The summed E-state index contributed by atoms with van der Waals surface area (Å²) < 4.78 is 0. The number of rotatable bonds is 0. The van der Waals surface area contributed by atoms with Crippen molar-refractivity contribution in [1.82, 2.24) is 0 Å². The van der Waals surface area contributed by atoms with E-state index >= 15 is 0 Å². The average Bonchev–Trinajstić information content (AvgIpc) is 2.48. The Bertz CT molecular complexity index is 139. The molecular formula is C8H9CuLiNS-3. The normalized spacial score (nSPS) is 4.50. The molecule has 0 N–H and O–H groups in total. The molecule has 0 atom stereocenters. The van der Waals surface area contributed by atoms with Gasteiger partial charge in [0.05, 0.1) is 0 Å². The summed E-state index contributed by atoms with van der Waals surface area (Å²) in [7, 11) is 0. The molecule has 0 aliphatic rings. The second-order valence-corrected chi connectivity index (χ2v) is 1.76. The predicted octanol–water partition coefficient (Wildman–Crippen LogP) is -0.235. The van der Waals surface area contributed by atoms with Crippen LogP contribution in [-0.4, -0.2) is 0 Å². The van der Waals surface area contributed by atoms with E-state index in [1.807, 2.05) is 17.5 Å². The maximum Gasteiger partial charge on any atom is 1.00 e. The van der Waals surface area contributed by atoms with E-state index in [9.17, 15) is 0 Å². The van der Waals surface area contributed by atoms with Crippen molar-refractivity contribution < 1.29 is 37.4 Å². The molecule has 12 heavy (non-hydrogen) atoms. The van der Waals surface area contributed by atoms with Gasteiger partial charge in [-0.05, 0) is 0 Å². The molecule has 0 aromatic carbocycles. The van der Waals surface area contributed by atoms with E-state index < -0.39 is 0 Å². The molecule has 1 nitrogen and oxygen atoms in total. The number of hydrogen-bond donors (Lipinski definition) is 0. The maximum atomic E-state index is 6.25.